The Morgan fingerprint density at radius 1 is 1.35 bits per heavy atom. The quantitative estimate of drug-likeness (QED) is 0.774. The summed E-state index contributed by atoms with van der Waals surface area (Å²) in [7, 11) is 0. The minimum absolute atomic E-state index is 0.0813. The van der Waals surface area contributed by atoms with Crippen LogP contribution in [0.25, 0.3) is 0 Å². The molecule has 1 aliphatic rings. The molecule has 2 rings (SSSR count). The van der Waals surface area contributed by atoms with E-state index in [0.29, 0.717) is 6.04 Å². The van der Waals surface area contributed by atoms with Crippen LogP contribution in [0, 0.1) is 11.7 Å². The van der Waals surface area contributed by atoms with Gasteiger partial charge in [-0.3, -0.25) is 0 Å². The van der Waals surface area contributed by atoms with Crippen molar-refractivity contribution >= 4 is 5.69 Å². The summed E-state index contributed by atoms with van der Waals surface area (Å²) in [6.07, 6.45) is 3.65. The zero-order valence-electron chi connectivity index (χ0n) is 13.0. The average molecular weight is 278 g/mol. The molecule has 0 aliphatic heterocycles. The fourth-order valence-corrected chi connectivity index (χ4v) is 2.55. The van der Waals surface area contributed by atoms with Gasteiger partial charge in [-0.2, -0.15) is 0 Å². The Kier molecular flexibility index (Phi) is 5.41. The Labute approximate surface area is 122 Å². The molecule has 1 aromatic carbocycles. The summed E-state index contributed by atoms with van der Waals surface area (Å²) in [6.45, 7) is 9.07. The van der Waals surface area contributed by atoms with Crippen LogP contribution in [0.5, 0.6) is 0 Å². The molecule has 0 amide bonds. The Bertz CT molecular complexity index is 427. The first kappa shape index (κ1) is 15.3. The predicted molar refractivity (Wildman–Crippen MR) is 83.6 cm³/mol. The number of hydrogen-bond acceptors (Lipinski definition) is 2. The van der Waals surface area contributed by atoms with Gasteiger partial charge in [0.25, 0.3) is 0 Å². The molecule has 0 aromatic heterocycles. The summed E-state index contributed by atoms with van der Waals surface area (Å²) >= 11 is 0. The van der Waals surface area contributed by atoms with Crippen molar-refractivity contribution in [1.82, 2.24) is 5.32 Å². The van der Waals surface area contributed by atoms with E-state index in [0.717, 1.165) is 43.2 Å². The summed E-state index contributed by atoms with van der Waals surface area (Å²) in [4.78, 5) is 2.25. The maximum atomic E-state index is 14.3. The second kappa shape index (κ2) is 7.07. The van der Waals surface area contributed by atoms with E-state index < -0.39 is 0 Å². The number of rotatable bonds is 8. The fourth-order valence-electron chi connectivity index (χ4n) is 2.55. The summed E-state index contributed by atoms with van der Waals surface area (Å²) in [5.41, 5.74) is 1.89. The van der Waals surface area contributed by atoms with Gasteiger partial charge in [-0.05, 0) is 36.8 Å². The molecule has 0 bridgehead atoms. The van der Waals surface area contributed by atoms with Gasteiger partial charge in [0.15, 0.2) is 0 Å². The third-order valence-corrected chi connectivity index (χ3v) is 3.76. The molecule has 0 spiro atoms. The summed E-state index contributed by atoms with van der Waals surface area (Å²) in [5, 5.41) is 3.40. The van der Waals surface area contributed by atoms with Crippen molar-refractivity contribution in [2.45, 2.75) is 52.6 Å². The minimum atomic E-state index is -0.0813. The molecule has 0 heterocycles. The summed E-state index contributed by atoms with van der Waals surface area (Å²) < 4.78 is 14.3. The van der Waals surface area contributed by atoms with Crippen molar-refractivity contribution in [3.05, 3.63) is 29.6 Å². The molecule has 1 fully saturated rings. The van der Waals surface area contributed by atoms with Gasteiger partial charge in [0.2, 0.25) is 0 Å². The number of anilines is 1. The lowest BCUT2D eigenvalue weighted by Crippen LogP contribution is -2.30. The first-order valence-corrected chi connectivity index (χ1v) is 7.87. The van der Waals surface area contributed by atoms with Crippen LogP contribution < -0.4 is 10.2 Å². The van der Waals surface area contributed by atoms with Crippen molar-refractivity contribution in [3.63, 3.8) is 0 Å². The van der Waals surface area contributed by atoms with Crippen molar-refractivity contribution in [2.24, 2.45) is 5.92 Å². The van der Waals surface area contributed by atoms with Gasteiger partial charge in [-0.15, -0.1) is 0 Å². The summed E-state index contributed by atoms with van der Waals surface area (Å²) in [5.74, 6) is 0.689. The fraction of sp³-hybridized carbons (Fsp3) is 0.647. The molecule has 1 aliphatic carbocycles. The lowest BCUT2D eigenvalue weighted by Gasteiger charge is -2.27. The zero-order chi connectivity index (χ0) is 14.5. The van der Waals surface area contributed by atoms with Gasteiger partial charge in [-0.1, -0.05) is 32.9 Å². The topological polar surface area (TPSA) is 15.3 Å². The van der Waals surface area contributed by atoms with Crippen LogP contribution in [-0.4, -0.2) is 19.1 Å². The van der Waals surface area contributed by atoms with E-state index >= 15 is 0 Å². The van der Waals surface area contributed by atoms with Crippen LogP contribution in [0.1, 0.15) is 45.6 Å². The molecule has 2 nitrogen and oxygen atoms in total. The molecule has 3 heteroatoms. The molecule has 1 N–H and O–H groups in total. The number of benzene rings is 1. The molecule has 1 aromatic rings. The SMILES string of the molecule is CCCN(CC1CC1)c1c(F)cccc1CNC(C)C. The normalized spacial score (nSPS) is 14.8. The Morgan fingerprint density at radius 2 is 2.10 bits per heavy atom. The maximum Gasteiger partial charge on any atom is 0.146 e. The Hall–Kier alpha value is -1.09. The Balaban J connectivity index is 2.20. The van der Waals surface area contributed by atoms with Crippen LogP contribution >= 0.6 is 0 Å². The van der Waals surface area contributed by atoms with Crippen molar-refractivity contribution in [1.29, 1.82) is 0 Å². The zero-order valence-corrected chi connectivity index (χ0v) is 13.0. The first-order valence-electron chi connectivity index (χ1n) is 7.87. The molecule has 0 unspecified atom stereocenters. The lowest BCUT2D eigenvalue weighted by molar-refractivity contribution is 0.574. The molecular weight excluding hydrogens is 251 g/mol. The van der Waals surface area contributed by atoms with Crippen LogP contribution in [0.15, 0.2) is 18.2 Å². The lowest BCUT2D eigenvalue weighted by atomic mass is 10.1. The highest BCUT2D eigenvalue weighted by Crippen LogP contribution is 2.33. The predicted octanol–water partition coefficient (Wildman–Crippen LogP) is 3.95. The van der Waals surface area contributed by atoms with E-state index in [4.69, 9.17) is 0 Å². The highest BCUT2D eigenvalue weighted by Gasteiger charge is 2.26. The van der Waals surface area contributed by atoms with Gasteiger partial charge >= 0.3 is 0 Å². The molecule has 0 saturated heterocycles. The first-order chi connectivity index (χ1) is 9.61. The number of hydrogen-bond donors (Lipinski definition) is 1. The minimum Gasteiger partial charge on any atom is -0.369 e. The van der Waals surface area contributed by atoms with Crippen LogP contribution in [-0.2, 0) is 6.54 Å². The number of nitrogens with one attached hydrogen (secondary N) is 1. The van der Waals surface area contributed by atoms with Gasteiger partial charge in [-0.25, -0.2) is 4.39 Å². The third-order valence-electron chi connectivity index (χ3n) is 3.76. The monoisotopic (exact) mass is 278 g/mol. The molecule has 0 radical (unpaired) electrons. The smallest absolute Gasteiger partial charge is 0.146 e. The largest absolute Gasteiger partial charge is 0.369 e. The summed E-state index contributed by atoms with van der Waals surface area (Å²) in [6, 6.07) is 5.86. The van der Waals surface area contributed by atoms with Gasteiger partial charge in [0, 0.05) is 25.7 Å². The number of nitrogens with zero attached hydrogens (tertiary/aromatic N) is 1. The van der Waals surface area contributed by atoms with E-state index in [1.54, 1.807) is 6.07 Å². The van der Waals surface area contributed by atoms with Crippen LogP contribution in [0.3, 0.4) is 0 Å². The van der Waals surface area contributed by atoms with Crippen molar-refractivity contribution in [3.8, 4) is 0 Å². The van der Waals surface area contributed by atoms with E-state index in [-0.39, 0.29) is 5.82 Å². The number of para-hydroxylation sites is 1. The molecule has 112 valence electrons. The molecule has 20 heavy (non-hydrogen) atoms. The maximum absolute atomic E-state index is 14.3. The van der Waals surface area contributed by atoms with Crippen LogP contribution in [0.4, 0.5) is 10.1 Å². The number of halogens is 1. The second-order valence-corrected chi connectivity index (χ2v) is 6.17. The van der Waals surface area contributed by atoms with E-state index in [1.165, 1.54) is 12.8 Å². The van der Waals surface area contributed by atoms with Crippen molar-refractivity contribution in [2.75, 3.05) is 18.0 Å². The van der Waals surface area contributed by atoms with Crippen molar-refractivity contribution < 1.29 is 4.39 Å². The third kappa shape index (κ3) is 4.20. The van der Waals surface area contributed by atoms with E-state index in [2.05, 4.69) is 31.0 Å². The van der Waals surface area contributed by atoms with Gasteiger partial charge in [0.05, 0.1) is 5.69 Å². The Morgan fingerprint density at radius 3 is 2.70 bits per heavy atom. The van der Waals surface area contributed by atoms with Gasteiger partial charge < -0.3 is 10.2 Å². The van der Waals surface area contributed by atoms with Crippen LogP contribution in [0.2, 0.25) is 0 Å². The molecule has 1 saturated carbocycles. The molecular formula is C17H27FN2. The average Bonchev–Trinajstić information content (AvgIpc) is 3.20. The highest BCUT2D eigenvalue weighted by molar-refractivity contribution is 5.55. The highest BCUT2D eigenvalue weighted by atomic mass is 19.1. The van der Waals surface area contributed by atoms with Gasteiger partial charge in [0.1, 0.15) is 5.82 Å². The van der Waals surface area contributed by atoms with E-state index in [9.17, 15) is 4.39 Å². The molecule has 0 atom stereocenters. The van der Waals surface area contributed by atoms with E-state index in [1.807, 2.05) is 12.1 Å². The standard InChI is InChI=1S/C17H27FN2/c1-4-10-20(12-14-8-9-14)17-15(11-19-13(2)3)6-5-7-16(17)18/h5-7,13-14,19H,4,8-12H2,1-3H3. The second-order valence-electron chi connectivity index (χ2n) is 6.17.